The molecule has 4 nitrogen and oxygen atoms in total. The third-order valence-corrected chi connectivity index (χ3v) is 5.01. The van der Waals surface area contributed by atoms with Crippen LogP contribution in [0.15, 0.2) is 42.6 Å². The molecule has 4 heteroatoms. The predicted molar refractivity (Wildman–Crippen MR) is 94.3 cm³/mol. The number of ketones is 1. The zero-order chi connectivity index (χ0) is 17.1. The van der Waals surface area contributed by atoms with Crippen LogP contribution >= 0.6 is 0 Å². The average Bonchev–Trinajstić information content (AvgIpc) is 3.26. The monoisotopic (exact) mass is 324 g/mol. The Kier molecular flexibility index (Phi) is 4.84. The van der Waals surface area contributed by atoms with Gasteiger partial charge in [-0.15, -0.1) is 0 Å². The van der Waals surface area contributed by atoms with Gasteiger partial charge in [0.25, 0.3) is 5.91 Å². The molecule has 0 radical (unpaired) electrons. The Balaban J connectivity index is 1.83. The first-order valence-corrected chi connectivity index (χ1v) is 8.67. The second-order valence-corrected chi connectivity index (χ2v) is 6.49. The van der Waals surface area contributed by atoms with E-state index in [9.17, 15) is 9.59 Å². The zero-order valence-electron chi connectivity index (χ0n) is 14.3. The summed E-state index contributed by atoms with van der Waals surface area (Å²) in [6.45, 7) is 4.47. The van der Waals surface area contributed by atoms with Gasteiger partial charge in [-0.1, -0.05) is 37.3 Å². The molecule has 0 unspecified atom stereocenters. The minimum absolute atomic E-state index is 0.000573. The molecule has 126 valence electrons. The fraction of sp³-hybridized carbons (Fsp3) is 0.400. The highest BCUT2D eigenvalue weighted by molar-refractivity contribution is 5.99. The van der Waals surface area contributed by atoms with Gasteiger partial charge in [0.2, 0.25) is 0 Å². The molecule has 2 heterocycles. The maximum atomic E-state index is 12.9. The second-order valence-electron chi connectivity index (χ2n) is 6.49. The third-order valence-electron chi connectivity index (χ3n) is 5.01. The number of H-pyrrole nitrogens is 1. The Hall–Kier alpha value is -2.36. The van der Waals surface area contributed by atoms with Gasteiger partial charge in [-0.05, 0) is 37.8 Å². The molecule has 24 heavy (non-hydrogen) atoms. The number of rotatable bonds is 5. The van der Waals surface area contributed by atoms with Gasteiger partial charge < -0.3 is 9.88 Å². The summed E-state index contributed by atoms with van der Waals surface area (Å²) < 4.78 is 0. The Morgan fingerprint density at radius 2 is 2.04 bits per heavy atom. The van der Waals surface area contributed by atoms with Gasteiger partial charge in [0.05, 0.1) is 0 Å². The number of aromatic amines is 1. The summed E-state index contributed by atoms with van der Waals surface area (Å²) in [5, 5.41) is 0. The van der Waals surface area contributed by atoms with Crippen molar-refractivity contribution in [2.45, 2.75) is 45.1 Å². The van der Waals surface area contributed by atoms with E-state index in [4.69, 9.17) is 0 Å². The largest absolute Gasteiger partial charge is 0.356 e. The molecule has 0 bridgehead atoms. The number of Topliss-reactive ketones (excluding diaryl/α,β-unsaturated/α-hetero) is 1. The first-order chi connectivity index (χ1) is 11.6. The Bertz CT molecular complexity index is 720. The molecule has 2 atom stereocenters. The molecule has 1 saturated heterocycles. The first kappa shape index (κ1) is 16.5. The summed E-state index contributed by atoms with van der Waals surface area (Å²) in [6, 6.07) is 12.3. The lowest BCUT2D eigenvalue weighted by molar-refractivity contribution is 0.0709. The highest BCUT2D eigenvalue weighted by Crippen LogP contribution is 2.34. The summed E-state index contributed by atoms with van der Waals surface area (Å²) in [5.41, 5.74) is 2.36. The van der Waals surface area contributed by atoms with Crippen LogP contribution in [0, 0.1) is 0 Å². The van der Waals surface area contributed by atoms with Crippen molar-refractivity contribution in [3.8, 4) is 0 Å². The second kappa shape index (κ2) is 7.04. The van der Waals surface area contributed by atoms with E-state index in [1.165, 1.54) is 12.5 Å². The quantitative estimate of drug-likeness (QED) is 0.845. The fourth-order valence-electron chi connectivity index (χ4n) is 3.77. The van der Waals surface area contributed by atoms with Crippen molar-refractivity contribution in [3.63, 3.8) is 0 Å². The van der Waals surface area contributed by atoms with Crippen molar-refractivity contribution in [2.24, 2.45) is 0 Å². The number of nitrogens with one attached hydrogen (secondary N) is 1. The van der Waals surface area contributed by atoms with E-state index in [0.29, 0.717) is 17.2 Å². The fourth-order valence-corrected chi connectivity index (χ4v) is 3.77. The van der Waals surface area contributed by atoms with E-state index in [1.54, 1.807) is 12.3 Å². The van der Waals surface area contributed by atoms with Crippen molar-refractivity contribution >= 4 is 11.7 Å². The van der Waals surface area contributed by atoms with Gasteiger partial charge in [0.15, 0.2) is 5.78 Å². The van der Waals surface area contributed by atoms with Crippen LogP contribution < -0.4 is 0 Å². The van der Waals surface area contributed by atoms with Crippen molar-refractivity contribution < 1.29 is 9.59 Å². The van der Waals surface area contributed by atoms with Crippen molar-refractivity contribution in [1.82, 2.24) is 9.88 Å². The number of likely N-dealkylation sites (tertiary alicyclic amines) is 1. The minimum Gasteiger partial charge on any atom is -0.356 e. The summed E-state index contributed by atoms with van der Waals surface area (Å²) in [7, 11) is 0. The number of nitrogens with zero attached hydrogens (tertiary/aromatic N) is 1. The summed E-state index contributed by atoms with van der Waals surface area (Å²) >= 11 is 0. The van der Waals surface area contributed by atoms with E-state index in [2.05, 4.69) is 36.2 Å². The molecule has 1 aromatic heterocycles. The molecule has 0 spiro atoms. The standard InChI is InChI=1S/C20H24N2O2/c1-3-17(15-8-5-4-6-9-15)19-10-7-11-22(19)20(24)18-12-16(13-21-18)14(2)23/h4-6,8-9,12-13,17,19,21H,3,7,10-11H2,1-2H3/t17-,19+/m0/s1. The number of aromatic nitrogens is 1. The van der Waals surface area contributed by atoms with Crippen molar-refractivity contribution in [3.05, 3.63) is 59.4 Å². The number of amides is 1. The van der Waals surface area contributed by atoms with Crippen LogP contribution in [-0.4, -0.2) is 34.2 Å². The van der Waals surface area contributed by atoms with Crippen LogP contribution in [0.3, 0.4) is 0 Å². The van der Waals surface area contributed by atoms with Crippen LogP contribution in [-0.2, 0) is 0 Å². The summed E-state index contributed by atoms with van der Waals surface area (Å²) in [6.07, 6.45) is 4.68. The van der Waals surface area contributed by atoms with Gasteiger partial charge in [0.1, 0.15) is 5.69 Å². The molecule has 1 N–H and O–H groups in total. The lowest BCUT2D eigenvalue weighted by Crippen LogP contribution is -2.39. The van der Waals surface area contributed by atoms with Crippen LogP contribution in [0.2, 0.25) is 0 Å². The van der Waals surface area contributed by atoms with Crippen molar-refractivity contribution in [1.29, 1.82) is 0 Å². The number of carbonyl (C=O) groups is 2. The Morgan fingerprint density at radius 3 is 2.67 bits per heavy atom. The summed E-state index contributed by atoms with van der Waals surface area (Å²) in [4.78, 5) is 29.3. The Labute approximate surface area is 142 Å². The van der Waals surface area contributed by atoms with Gasteiger partial charge in [-0.25, -0.2) is 0 Å². The first-order valence-electron chi connectivity index (χ1n) is 8.67. The van der Waals surface area contributed by atoms with E-state index in [1.807, 2.05) is 11.0 Å². The molecular formula is C20H24N2O2. The van der Waals surface area contributed by atoms with Crippen LogP contribution in [0.4, 0.5) is 0 Å². The van der Waals surface area contributed by atoms with E-state index in [0.717, 1.165) is 25.8 Å². The van der Waals surface area contributed by atoms with E-state index < -0.39 is 0 Å². The van der Waals surface area contributed by atoms with Gasteiger partial charge >= 0.3 is 0 Å². The molecular weight excluding hydrogens is 300 g/mol. The molecule has 1 aromatic carbocycles. The molecule has 1 aliphatic rings. The molecule has 3 rings (SSSR count). The third kappa shape index (κ3) is 3.14. The van der Waals surface area contributed by atoms with Crippen molar-refractivity contribution in [2.75, 3.05) is 6.54 Å². The number of hydrogen-bond donors (Lipinski definition) is 1. The normalized spacial score (nSPS) is 18.6. The highest BCUT2D eigenvalue weighted by Gasteiger charge is 2.35. The van der Waals surface area contributed by atoms with Crippen LogP contribution in [0.25, 0.3) is 0 Å². The SMILES string of the molecule is CC[C@@H](c1ccccc1)[C@H]1CCCN1C(=O)c1cc(C(C)=O)c[nH]1. The lowest BCUT2D eigenvalue weighted by atomic mass is 9.87. The Morgan fingerprint density at radius 1 is 1.29 bits per heavy atom. The lowest BCUT2D eigenvalue weighted by Gasteiger charge is -2.31. The number of carbonyl (C=O) groups excluding carboxylic acids is 2. The van der Waals surface area contributed by atoms with Crippen LogP contribution in [0.5, 0.6) is 0 Å². The maximum absolute atomic E-state index is 12.9. The summed E-state index contributed by atoms with van der Waals surface area (Å²) in [5.74, 6) is 0.318. The molecule has 1 fully saturated rings. The molecule has 1 aliphatic heterocycles. The van der Waals surface area contributed by atoms with Crippen LogP contribution in [0.1, 0.15) is 65.4 Å². The number of hydrogen-bond acceptors (Lipinski definition) is 2. The van der Waals surface area contributed by atoms with Gasteiger partial charge in [-0.2, -0.15) is 0 Å². The topological polar surface area (TPSA) is 53.2 Å². The number of benzene rings is 1. The van der Waals surface area contributed by atoms with Gasteiger partial charge in [0, 0.05) is 30.3 Å². The average molecular weight is 324 g/mol. The van der Waals surface area contributed by atoms with E-state index in [-0.39, 0.29) is 17.7 Å². The molecule has 0 saturated carbocycles. The molecule has 2 aromatic rings. The van der Waals surface area contributed by atoms with Gasteiger partial charge in [-0.3, -0.25) is 9.59 Å². The van der Waals surface area contributed by atoms with E-state index >= 15 is 0 Å². The molecule has 0 aliphatic carbocycles. The predicted octanol–water partition coefficient (Wildman–Crippen LogP) is 4.02. The molecule has 1 amide bonds. The minimum atomic E-state index is -0.0287. The maximum Gasteiger partial charge on any atom is 0.270 e. The zero-order valence-corrected chi connectivity index (χ0v) is 14.3. The smallest absolute Gasteiger partial charge is 0.270 e. The highest BCUT2D eigenvalue weighted by atomic mass is 16.2.